The van der Waals surface area contributed by atoms with Crippen LogP contribution in [0.15, 0.2) is 70.7 Å². The topological polar surface area (TPSA) is 80.3 Å². The zero-order valence-corrected chi connectivity index (χ0v) is 17.7. The molecule has 0 spiro atoms. The molecule has 8 nitrogen and oxygen atoms in total. The summed E-state index contributed by atoms with van der Waals surface area (Å²) in [5, 5.41) is 14.7. The Bertz CT molecular complexity index is 1100. The van der Waals surface area contributed by atoms with Crippen molar-refractivity contribution in [1.29, 1.82) is 0 Å². The minimum atomic E-state index is -0.0861. The van der Waals surface area contributed by atoms with E-state index in [9.17, 15) is 4.79 Å². The number of carbonyl (C=O) groups excluding carboxylic acids is 1. The number of hydrogen-bond acceptors (Lipinski definition) is 7. The standard InChI is InChI=1S/C22H22N6O2S/c29-22(19-9-4-14-30-19)27-12-10-26(11-13-27)20(17-6-2-1-3-7-17)21-23-24-25-28(21)16-18-8-5-15-31-18/h1-9,14-15,20H,10-13,16H2/t20-/m1/s1. The number of aromatic nitrogens is 4. The van der Waals surface area contributed by atoms with Crippen molar-refractivity contribution in [3.05, 3.63) is 88.3 Å². The van der Waals surface area contributed by atoms with Crippen LogP contribution in [0.3, 0.4) is 0 Å². The van der Waals surface area contributed by atoms with Gasteiger partial charge in [-0.3, -0.25) is 9.69 Å². The normalized spacial score (nSPS) is 15.8. The van der Waals surface area contributed by atoms with Crippen molar-refractivity contribution in [3.8, 4) is 0 Å². The maximum absolute atomic E-state index is 12.6. The van der Waals surface area contributed by atoms with Crippen LogP contribution < -0.4 is 0 Å². The van der Waals surface area contributed by atoms with E-state index in [0.717, 1.165) is 24.5 Å². The number of rotatable bonds is 6. The first-order valence-corrected chi connectivity index (χ1v) is 11.1. The molecule has 31 heavy (non-hydrogen) atoms. The van der Waals surface area contributed by atoms with Gasteiger partial charge >= 0.3 is 0 Å². The third-order valence-electron chi connectivity index (χ3n) is 5.50. The Hall–Kier alpha value is -3.30. The predicted molar refractivity (Wildman–Crippen MR) is 116 cm³/mol. The number of hydrogen-bond donors (Lipinski definition) is 0. The fourth-order valence-corrected chi connectivity index (χ4v) is 4.65. The van der Waals surface area contributed by atoms with Gasteiger partial charge in [-0.1, -0.05) is 36.4 Å². The summed E-state index contributed by atoms with van der Waals surface area (Å²) in [6.45, 7) is 3.32. The van der Waals surface area contributed by atoms with E-state index in [4.69, 9.17) is 4.42 Å². The van der Waals surface area contributed by atoms with Crippen LogP contribution in [0.1, 0.15) is 32.9 Å². The van der Waals surface area contributed by atoms with Crippen LogP contribution in [0.4, 0.5) is 0 Å². The average Bonchev–Trinajstić information content (AvgIpc) is 3.59. The highest BCUT2D eigenvalue weighted by Gasteiger charge is 2.32. The largest absolute Gasteiger partial charge is 0.459 e. The summed E-state index contributed by atoms with van der Waals surface area (Å²) in [7, 11) is 0. The second-order valence-corrected chi connectivity index (χ2v) is 8.43. The molecule has 1 saturated heterocycles. The lowest BCUT2D eigenvalue weighted by Crippen LogP contribution is -2.50. The van der Waals surface area contributed by atoms with Gasteiger partial charge in [-0.15, -0.1) is 16.4 Å². The number of carbonyl (C=O) groups is 1. The number of benzene rings is 1. The molecule has 0 N–H and O–H groups in total. The lowest BCUT2D eigenvalue weighted by atomic mass is 10.0. The van der Waals surface area contributed by atoms with E-state index in [2.05, 4.69) is 44.0 Å². The van der Waals surface area contributed by atoms with Gasteiger partial charge in [-0.2, -0.15) is 0 Å². The van der Waals surface area contributed by atoms with Crippen molar-refractivity contribution in [2.45, 2.75) is 12.6 Å². The zero-order chi connectivity index (χ0) is 21.0. The highest BCUT2D eigenvalue weighted by atomic mass is 32.1. The van der Waals surface area contributed by atoms with Gasteiger partial charge in [0.15, 0.2) is 11.6 Å². The Labute approximate surface area is 183 Å². The second kappa shape index (κ2) is 8.83. The van der Waals surface area contributed by atoms with E-state index in [1.807, 2.05) is 33.8 Å². The molecular weight excluding hydrogens is 412 g/mol. The van der Waals surface area contributed by atoms with Crippen LogP contribution in [0, 0.1) is 0 Å². The quantitative estimate of drug-likeness (QED) is 0.464. The minimum absolute atomic E-state index is 0.0663. The number of thiophene rings is 1. The highest BCUT2D eigenvalue weighted by Crippen LogP contribution is 2.29. The molecule has 1 aromatic carbocycles. The molecular formula is C22H22N6O2S. The molecule has 9 heteroatoms. The van der Waals surface area contributed by atoms with Gasteiger partial charge < -0.3 is 9.32 Å². The van der Waals surface area contributed by atoms with Crippen molar-refractivity contribution in [2.24, 2.45) is 0 Å². The Morgan fingerprint density at radius 3 is 2.58 bits per heavy atom. The van der Waals surface area contributed by atoms with E-state index in [-0.39, 0.29) is 11.9 Å². The second-order valence-electron chi connectivity index (χ2n) is 7.39. The molecule has 1 fully saturated rings. The van der Waals surface area contributed by atoms with Gasteiger partial charge in [0.25, 0.3) is 5.91 Å². The lowest BCUT2D eigenvalue weighted by molar-refractivity contribution is 0.0559. The molecule has 0 unspecified atom stereocenters. The Morgan fingerprint density at radius 1 is 1.03 bits per heavy atom. The van der Waals surface area contributed by atoms with E-state index in [1.165, 1.54) is 11.1 Å². The molecule has 0 saturated carbocycles. The molecule has 158 valence electrons. The van der Waals surface area contributed by atoms with Crippen LogP contribution in [0.2, 0.25) is 0 Å². The predicted octanol–water partition coefficient (Wildman–Crippen LogP) is 2.92. The van der Waals surface area contributed by atoms with Crippen LogP contribution in [0.25, 0.3) is 0 Å². The fraction of sp³-hybridized carbons (Fsp3) is 0.273. The average molecular weight is 435 g/mol. The first-order chi connectivity index (χ1) is 15.3. The lowest BCUT2D eigenvalue weighted by Gasteiger charge is -2.38. The molecule has 5 rings (SSSR count). The Morgan fingerprint density at radius 2 is 1.87 bits per heavy atom. The summed E-state index contributed by atoms with van der Waals surface area (Å²) in [4.78, 5) is 18.0. The number of piperazine rings is 1. The summed E-state index contributed by atoms with van der Waals surface area (Å²) in [5.41, 5.74) is 1.13. The molecule has 0 radical (unpaired) electrons. The molecule has 4 heterocycles. The van der Waals surface area contributed by atoms with Gasteiger partial charge in [0, 0.05) is 31.1 Å². The van der Waals surface area contributed by atoms with Gasteiger partial charge in [0.1, 0.15) is 0 Å². The van der Waals surface area contributed by atoms with E-state index < -0.39 is 0 Å². The van der Waals surface area contributed by atoms with Crippen molar-refractivity contribution < 1.29 is 9.21 Å². The van der Waals surface area contributed by atoms with E-state index in [1.54, 1.807) is 23.5 Å². The Balaban J connectivity index is 1.39. The first-order valence-electron chi connectivity index (χ1n) is 10.2. The van der Waals surface area contributed by atoms with E-state index >= 15 is 0 Å². The summed E-state index contributed by atoms with van der Waals surface area (Å²) in [6, 6.07) is 17.8. The maximum Gasteiger partial charge on any atom is 0.289 e. The fourth-order valence-electron chi connectivity index (χ4n) is 3.97. The van der Waals surface area contributed by atoms with Crippen molar-refractivity contribution in [1.82, 2.24) is 30.0 Å². The van der Waals surface area contributed by atoms with Crippen molar-refractivity contribution >= 4 is 17.2 Å². The summed E-state index contributed by atoms with van der Waals surface area (Å²) >= 11 is 1.69. The summed E-state index contributed by atoms with van der Waals surface area (Å²) in [5.74, 6) is 1.13. The molecule has 3 aromatic heterocycles. The van der Waals surface area contributed by atoms with Gasteiger partial charge in [-0.25, -0.2) is 4.68 Å². The van der Waals surface area contributed by atoms with Crippen LogP contribution in [-0.2, 0) is 6.54 Å². The van der Waals surface area contributed by atoms with Gasteiger partial charge in [-0.05, 0) is 39.6 Å². The maximum atomic E-state index is 12.6. The Kier molecular flexibility index (Phi) is 5.59. The van der Waals surface area contributed by atoms with Crippen LogP contribution >= 0.6 is 11.3 Å². The smallest absolute Gasteiger partial charge is 0.289 e. The zero-order valence-electron chi connectivity index (χ0n) is 16.9. The molecule has 0 aliphatic carbocycles. The SMILES string of the molecule is O=C(c1ccco1)N1CCN([C@H](c2ccccc2)c2nnnn2Cc2cccs2)CC1. The first kappa shape index (κ1) is 19.7. The number of nitrogens with zero attached hydrogens (tertiary/aromatic N) is 6. The molecule has 0 bridgehead atoms. The number of tetrazole rings is 1. The van der Waals surface area contributed by atoms with Gasteiger partial charge in [0.05, 0.1) is 18.8 Å². The molecule has 1 aliphatic rings. The van der Waals surface area contributed by atoms with Crippen LogP contribution in [-0.4, -0.2) is 62.1 Å². The highest BCUT2D eigenvalue weighted by molar-refractivity contribution is 7.09. The molecule has 1 atom stereocenters. The van der Waals surface area contributed by atoms with Crippen molar-refractivity contribution in [3.63, 3.8) is 0 Å². The minimum Gasteiger partial charge on any atom is -0.459 e. The number of furan rings is 1. The third kappa shape index (κ3) is 4.14. The van der Waals surface area contributed by atoms with Gasteiger partial charge in [0.2, 0.25) is 0 Å². The number of amides is 1. The van der Waals surface area contributed by atoms with E-state index in [0.29, 0.717) is 25.4 Å². The summed E-state index contributed by atoms with van der Waals surface area (Å²) in [6.07, 6.45) is 1.53. The molecule has 1 amide bonds. The van der Waals surface area contributed by atoms with Crippen molar-refractivity contribution in [2.75, 3.05) is 26.2 Å². The molecule has 4 aromatic rings. The van der Waals surface area contributed by atoms with Crippen LogP contribution in [0.5, 0.6) is 0 Å². The summed E-state index contributed by atoms with van der Waals surface area (Å²) < 4.78 is 7.16. The monoisotopic (exact) mass is 434 g/mol. The molecule has 1 aliphatic heterocycles. The third-order valence-corrected chi connectivity index (χ3v) is 6.36.